The number of nitrogens with zero attached hydrogens (tertiary/aromatic N) is 2. The van der Waals surface area contributed by atoms with Gasteiger partial charge in [0.2, 0.25) is 0 Å². The quantitative estimate of drug-likeness (QED) is 0.435. The molecule has 33 heavy (non-hydrogen) atoms. The molecule has 170 valence electrons. The van der Waals surface area contributed by atoms with Crippen LogP contribution in [0.5, 0.6) is 5.75 Å². The van der Waals surface area contributed by atoms with Gasteiger partial charge in [0, 0.05) is 6.20 Å². The average Bonchev–Trinajstić information content (AvgIpc) is 3.12. The van der Waals surface area contributed by atoms with Crippen LogP contribution in [-0.2, 0) is 0 Å². The van der Waals surface area contributed by atoms with E-state index in [0.717, 1.165) is 12.1 Å². The molecule has 0 saturated heterocycles. The van der Waals surface area contributed by atoms with Gasteiger partial charge in [-0.25, -0.2) is 18.6 Å². The molecule has 8 nitrogen and oxygen atoms in total. The maximum absolute atomic E-state index is 14.4. The van der Waals surface area contributed by atoms with Gasteiger partial charge in [0.05, 0.1) is 6.04 Å². The van der Waals surface area contributed by atoms with Crippen molar-refractivity contribution in [1.29, 1.82) is 0 Å². The van der Waals surface area contributed by atoms with Gasteiger partial charge in [0.15, 0.2) is 22.8 Å². The summed E-state index contributed by atoms with van der Waals surface area (Å²) in [6, 6.07) is 5.81. The first-order chi connectivity index (χ1) is 15.6. The Kier molecular flexibility index (Phi) is 5.54. The fourth-order valence-corrected chi connectivity index (χ4v) is 3.00. The number of hydrogen-bond donors (Lipinski definition) is 2. The van der Waals surface area contributed by atoms with Gasteiger partial charge in [-0.1, -0.05) is 6.07 Å². The maximum Gasteiger partial charge on any atom is 0.573 e. The Hall–Kier alpha value is -4.29. The number of carbonyl (C=O) groups excluding carboxylic acids is 1. The number of ether oxygens (including phenoxy) is 1. The molecule has 0 aliphatic carbocycles. The molecule has 0 spiro atoms. The van der Waals surface area contributed by atoms with Crippen LogP contribution in [0.25, 0.3) is 11.2 Å². The predicted octanol–water partition coefficient (Wildman–Crippen LogP) is 3.61. The van der Waals surface area contributed by atoms with Crippen molar-refractivity contribution in [3.63, 3.8) is 0 Å². The zero-order valence-electron chi connectivity index (χ0n) is 16.1. The van der Waals surface area contributed by atoms with E-state index in [1.165, 1.54) is 24.4 Å². The van der Waals surface area contributed by atoms with Crippen molar-refractivity contribution >= 4 is 17.1 Å². The van der Waals surface area contributed by atoms with E-state index in [1.807, 2.05) is 0 Å². The number of alkyl halides is 3. The van der Waals surface area contributed by atoms with Crippen LogP contribution in [0.4, 0.5) is 22.0 Å². The zero-order valence-corrected chi connectivity index (χ0v) is 16.1. The lowest BCUT2D eigenvalue weighted by Gasteiger charge is -2.20. The van der Waals surface area contributed by atoms with Crippen LogP contribution in [-0.4, -0.2) is 27.2 Å². The van der Waals surface area contributed by atoms with Gasteiger partial charge in [-0.2, -0.15) is 0 Å². The number of hydrogen-bond acceptors (Lipinski definition) is 6. The number of benzene rings is 1. The molecule has 3 heterocycles. The van der Waals surface area contributed by atoms with E-state index < -0.39 is 41.5 Å². The summed E-state index contributed by atoms with van der Waals surface area (Å²) in [7, 11) is 0. The number of rotatable bonds is 5. The van der Waals surface area contributed by atoms with Gasteiger partial charge in [0.1, 0.15) is 17.2 Å². The third kappa shape index (κ3) is 4.81. The number of pyridine rings is 2. The van der Waals surface area contributed by atoms with Crippen molar-refractivity contribution in [2.24, 2.45) is 0 Å². The molecule has 0 aliphatic rings. The van der Waals surface area contributed by atoms with Crippen molar-refractivity contribution in [2.45, 2.75) is 12.4 Å². The third-order valence-electron chi connectivity index (χ3n) is 4.36. The van der Waals surface area contributed by atoms with Crippen LogP contribution in [0.2, 0.25) is 0 Å². The number of fused-ring (bicyclic) bond motifs is 1. The van der Waals surface area contributed by atoms with E-state index >= 15 is 0 Å². The van der Waals surface area contributed by atoms with Crippen LogP contribution in [0.15, 0.2) is 57.9 Å². The number of aromatic nitrogens is 3. The molecule has 3 aromatic heterocycles. The van der Waals surface area contributed by atoms with Crippen LogP contribution < -0.4 is 15.8 Å². The lowest BCUT2D eigenvalue weighted by Crippen LogP contribution is -2.31. The third-order valence-corrected chi connectivity index (χ3v) is 4.36. The van der Waals surface area contributed by atoms with Crippen LogP contribution >= 0.6 is 0 Å². The second-order valence-electron chi connectivity index (χ2n) is 6.57. The van der Waals surface area contributed by atoms with E-state index in [1.54, 1.807) is 0 Å². The molecule has 1 amide bonds. The van der Waals surface area contributed by atoms with Crippen molar-refractivity contribution < 1.29 is 35.9 Å². The Balaban J connectivity index is 1.71. The van der Waals surface area contributed by atoms with Crippen LogP contribution in [0.1, 0.15) is 27.8 Å². The monoisotopic (exact) mass is 466 g/mol. The van der Waals surface area contributed by atoms with E-state index in [-0.39, 0.29) is 28.2 Å². The number of halogens is 5. The van der Waals surface area contributed by atoms with E-state index in [4.69, 9.17) is 4.42 Å². The minimum absolute atomic E-state index is 0.0205. The smallest absolute Gasteiger partial charge is 0.406 e. The summed E-state index contributed by atoms with van der Waals surface area (Å²) in [5.74, 6) is -5.02. The van der Waals surface area contributed by atoms with Gasteiger partial charge in [-0.15, -0.1) is 13.2 Å². The summed E-state index contributed by atoms with van der Waals surface area (Å²) in [4.78, 5) is 34.1. The number of H-pyrrole nitrogens is 1. The number of aromatic amines is 1. The van der Waals surface area contributed by atoms with Crippen molar-refractivity contribution in [3.05, 3.63) is 87.8 Å². The lowest BCUT2D eigenvalue weighted by atomic mass is 10.0. The highest BCUT2D eigenvalue weighted by Crippen LogP contribution is 2.30. The minimum atomic E-state index is -5.12. The first kappa shape index (κ1) is 21.9. The van der Waals surface area contributed by atoms with Crippen molar-refractivity contribution in [2.75, 3.05) is 0 Å². The standard InChI is InChI=1S/C20H11F5N4O4/c21-10-2-1-7-26-16(10)15(9-3-5-13(11(22)8-9)33-20(23,24)25)28-18(30)12-4-6-14-17(27-12)29-19(31)32-14/h1-8,15H,(H,28,30)(H,27,29,31)/t15-/m0/s1. The van der Waals surface area contributed by atoms with Gasteiger partial charge >= 0.3 is 12.1 Å². The van der Waals surface area contributed by atoms with E-state index in [9.17, 15) is 31.5 Å². The summed E-state index contributed by atoms with van der Waals surface area (Å²) < 4.78 is 74.4. The second-order valence-corrected chi connectivity index (χ2v) is 6.57. The summed E-state index contributed by atoms with van der Waals surface area (Å²) in [6.07, 6.45) is -3.91. The Bertz CT molecular complexity index is 1400. The highest BCUT2D eigenvalue weighted by molar-refractivity contribution is 5.94. The highest BCUT2D eigenvalue weighted by atomic mass is 19.4. The van der Waals surface area contributed by atoms with Gasteiger partial charge in [-0.05, 0) is 42.0 Å². The molecule has 4 rings (SSSR count). The Labute approximate surface area is 180 Å². The molecule has 1 aromatic carbocycles. The Morgan fingerprint density at radius 2 is 1.91 bits per heavy atom. The molecule has 0 fully saturated rings. The fraction of sp³-hybridized carbons (Fsp3) is 0.100. The molecule has 0 radical (unpaired) electrons. The van der Waals surface area contributed by atoms with E-state index in [2.05, 4.69) is 25.0 Å². The number of oxazole rings is 1. The average molecular weight is 466 g/mol. The van der Waals surface area contributed by atoms with E-state index in [0.29, 0.717) is 12.1 Å². The minimum Gasteiger partial charge on any atom is -0.406 e. The van der Waals surface area contributed by atoms with Crippen molar-refractivity contribution in [1.82, 2.24) is 20.3 Å². The SMILES string of the molecule is O=C(N[C@@H](c1ccc(OC(F)(F)F)c(F)c1)c1ncccc1F)c1ccc2oc(=O)[nH]c2n1. The molecule has 2 N–H and O–H groups in total. The highest BCUT2D eigenvalue weighted by Gasteiger charge is 2.33. The number of amides is 1. The maximum atomic E-state index is 14.4. The second kappa shape index (κ2) is 8.33. The van der Waals surface area contributed by atoms with Gasteiger partial charge in [-0.3, -0.25) is 14.8 Å². The molecule has 0 saturated carbocycles. The summed E-state index contributed by atoms with van der Waals surface area (Å²) in [6.45, 7) is 0. The first-order valence-corrected chi connectivity index (χ1v) is 9.07. The first-order valence-electron chi connectivity index (χ1n) is 9.07. The molecule has 0 bridgehead atoms. The van der Waals surface area contributed by atoms with Gasteiger partial charge in [0.25, 0.3) is 5.91 Å². The molecule has 1 atom stereocenters. The number of nitrogens with one attached hydrogen (secondary N) is 2. The predicted molar refractivity (Wildman–Crippen MR) is 101 cm³/mol. The van der Waals surface area contributed by atoms with Crippen LogP contribution in [0, 0.1) is 11.6 Å². The lowest BCUT2D eigenvalue weighted by molar-refractivity contribution is -0.275. The fourth-order valence-electron chi connectivity index (χ4n) is 3.00. The molecular formula is C20H11F5N4O4. The molecule has 13 heteroatoms. The largest absolute Gasteiger partial charge is 0.573 e. The summed E-state index contributed by atoms with van der Waals surface area (Å²) >= 11 is 0. The van der Waals surface area contributed by atoms with Crippen LogP contribution in [0.3, 0.4) is 0 Å². The summed E-state index contributed by atoms with van der Waals surface area (Å²) in [5.41, 5.74) is -0.587. The molecular weight excluding hydrogens is 455 g/mol. The normalized spacial score (nSPS) is 12.5. The number of carbonyl (C=O) groups is 1. The van der Waals surface area contributed by atoms with Gasteiger partial charge < -0.3 is 14.5 Å². The Morgan fingerprint density at radius 3 is 2.61 bits per heavy atom. The molecule has 0 aliphatic heterocycles. The van der Waals surface area contributed by atoms with Crippen molar-refractivity contribution in [3.8, 4) is 5.75 Å². The Morgan fingerprint density at radius 1 is 1.12 bits per heavy atom. The zero-order chi connectivity index (χ0) is 23.8. The molecule has 0 unspecified atom stereocenters. The summed E-state index contributed by atoms with van der Waals surface area (Å²) in [5, 5.41) is 2.42. The molecule has 4 aromatic rings. The topological polar surface area (TPSA) is 110 Å².